The Balaban J connectivity index is 0.000000255. The molecule has 2 atom stereocenters. The smallest absolute Gasteiger partial charge is 0.319 e. The van der Waals surface area contributed by atoms with E-state index in [1.165, 1.54) is 9.13 Å². The van der Waals surface area contributed by atoms with Gasteiger partial charge in [-0.15, -0.1) is 0 Å². The van der Waals surface area contributed by atoms with Crippen molar-refractivity contribution in [2.75, 3.05) is 17.2 Å². The highest BCUT2D eigenvalue weighted by atomic mass is 35.5. The number of carboxylic acid groups (broad SMARTS) is 1. The minimum atomic E-state index is -1.04. The Morgan fingerprint density at radius 1 is 0.574 bits per heavy atom. The Bertz CT molecular complexity index is 2830. The molecule has 0 spiro atoms. The van der Waals surface area contributed by atoms with Gasteiger partial charge in [-0.1, -0.05) is 133 Å². The van der Waals surface area contributed by atoms with E-state index in [0.29, 0.717) is 39.6 Å². The second-order valence-corrected chi connectivity index (χ2v) is 16.7. The lowest BCUT2D eigenvalue weighted by atomic mass is 10.0. The molecule has 356 valence electrons. The van der Waals surface area contributed by atoms with Crippen LogP contribution in [0.4, 0.5) is 21.0 Å². The third kappa shape index (κ3) is 14.7. The van der Waals surface area contributed by atoms with Crippen LogP contribution in [0.15, 0.2) is 131 Å². The van der Waals surface area contributed by atoms with Gasteiger partial charge in [0.25, 0.3) is 11.1 Å². The van der Waals surface area contributed by atoms with Crippen molar-refractivity contribution in [3.8, 4) is 0 Å². The molecule has 2 aromatic heterocycles. The topological polar surface area (TPSA) is 190 Å². The number of hydrogen-bond donors (Lipinski definition) is 5. The van der Waals surface area contributed by atoms with Crippen LogP contribution in [0.25, 0.3) is 0 Å². The summed E-state index contributed by atoms with van der Waals surface area (Å²) in [5.74, 6) is -1.47. The molecule has 0 aliphatic heterocycles. The minimum absolute atomic E-state index is 0.0313. The third-order valence-corrected chi connectivity index (χ3v) is 11.7. The number of pyridine rings is 2. The molecule has 2 heterocycles. The first-order valence-electron chi connectivity index (χ1n) is 22.2. The van der Waals surface area contributed by atoms with Crippen LogP contribution in [-0.4, -0.2) is 44.8 Å². The summed E-state index contributed by atoms with van der Waals surface area (Å²) < 4.78 is 8.06. The van der Waals surface area contributed by atoms with E-state index in [-0.39, 0.29) is 55.0 Å². The Hall–Kier alpha value is -7.16. The van der Waals surface area contributed by atoms with Gasteiger partial charge in [0.1, 0.15) is 11.4 Å². The fourth-order valence-corrected chi connectivity index (χ4v) is 7.62. The number of urea groups is 2. The van der Waals surface area contributed by atoms with Crippen molar-refractivity contribution in [1.82, 2.24) is 19.8 Å². The molecule has 14 nitrogen and oxygen atoms in total. The average molecular weight is 964 g/mol. The Kier molecular flexibility index (Phi) is 19.1. The highest BCUT2D eigenvalue weighted by Crippen LogP contribution is 2.22. The number of hydrogen-bond acceptors (Lipinski definition) is 7. The summed E-state index contributed by atoms with van der Waals surface area (Å²) in [4.78, 5) is 75.8. The van der Waals surface area contributed by atoms with Crippen LogP contribution in [0.3, 0.4) is 0 Å². The van der Waals surface area contributed by atoms with E-state index < -0.39 is 36.1 Å². The van der Waals surface area contributed by atoms with Crippen LogP contribution < -0.4 is 32.4 Å². The van der Waals surface area contributed by atoms with Crippen LogP contribution in [0, 0.1) is 13.8 Å². The number of carbonyl (C=O) groups is 4. The van der Waals surface area contributed by atoms with Crippen molar-refractivity contribution < 1.29 is 29.0 Å². The zero-order chi connectivity index (χ0) is 49.3. The summed E-state index contributed by atoms with van der Waals surface area (Å²) in [6, 6.07) is 30.3. The number of carbonyl (C=O) groups excluding carboxylic acids is 3. The lowest BCUT2D eigenvalue weighted by molar-refractivity contribution is -0.143. The summed E-state index contributed by atoms with van der Waals surface area (Å²) in [6.07, 6.45) is 4.14. The summed E-state index contributed by atoms with van der Waals surface area (Å²) >= 11 is 12.5. The molecular weight excluding hydrogens is 908 g/mol. The highest BCUT2D eigenvalue weighted by molar-refractivity contribution is 6.31. The lowest BCUT2D eigenvalue weighted by Crippen LogP contribution is -2.37. The van der Waals surface area contributed by atoms with Gasteiger partial charge in [0.2, 0.25) is 0 Å². The zero-order valence-corrected chi connectivity index (χ0v) is 40.1. The van der Waals surface area contributed by atoms with Gasteiger partial charge in [-0.2, -0.15) is 0 Å². The molecule has 0 radical (unpaired) electrons. The van der Waals surface area contributed by atoms with Crippen molar-refractivity contribution >= 4 is 58.6 Å². The zero-order valence-electron chi connectivity index (χ0n) is 38.6. The first kappa shape index (κ1) is 51.8. The first-order valence-corrected chi connectivity index (χ1v) is 22.9. The fourth-order valence-electron chi connectivity index (χ4n) is 7.23. The van der Waals surface area contributed by atoms with E-state index in [9.17, 15) is 33.9 Å². The molecule has 4 aromatic carbocycles. The predicted molar refractivity (Wildman–Crippen MR) is 267 cm³/mol. The number of esters is 1. The second kappa shape index (κ2) is 25.1. The average Bonchev–Trinajstić information content (AvgIpc) is 3.30. The van der Waals surface area contributed by atoms with Gasteiger partial charge in [-0.3, -0.25) is 19.2 Å². The standard InChI is InChI=1S/C27H30ClN3O4.C25H26ClN3O4/c1-4-19-14-15-31(17-21-8-6-7-9-22(21)28)26(33)25(19)30-27(34)29-23(16-24(32)35-5-2)20-12-10-18(3)11-13-20;1-3-17-12-13-29(15-19-6-4-5-7-20(19)26)24(32)23(17)28-25(33)27-21(14-22(30)31)18-10-8-16(2)9-11-18/h6-15,23H,4-5,16-17H2,1-3H3,(H2,29,30,34);4-13,21H,3,14-15H2,1-2H3,(H,30,31)(H2,27,28,33)/t23-;21-/m00/s1. The van der Waals surface area contributed by atoms with Crippen LogP contribution in [0.2, 0.25) is 10.0 Å². The first-order chi connectivity index (χ1) is 32.6. The molecule has 6 rings (SSSR count). The van der Waals surface area contributed by atoms with E-state index in [2.05, 4.69) is 21.3 Å². The molecular formula is C52H56Cl2N6O8. The van der Waals surface area contributed by atoms with E-state index in [1.807, 2.05) is 107 Å². The van der Waals surface area contributed by atoms with Gasteiger partial charge in [-0.25, -0.2) is 9.59 Å². The SMILES string of the molecule is CCOC(=O)C[C@H](NC(=O)Nc1c(CC)ccn(Cc2ccccc2Cl)c1=O)c1ccc(C)cc1.CCc1ccn(Cc2ccccc2Cl)c(=O)c1NC(=O)N[C@@H](CC(=O)O)c1ccc(C)cc1. The molecule has 0 bridgehead atoms. The maximum absolute atomic E-state index is 13.3. The Labute approximate surface area is 405 Å². The molecule has 0 saturated heterocycles. The maximum atomic E-state index is 13.3. The molecule has 0 saturated carbocycles. The van der Waals surface area contributed by atoms with Gasteiger partial charge in [-0.05, 0) is 91.3 Å². The van der Waals surface area contributed by atoms with E-state index >= 15 is 0 Å². The molecule has 5 N–H and O–H groups in total. The molecule has 0 aliphatic carbocycles. The van der Waals surface area contributed by atoms with E-state index in [0.717, 1.165) is 27.8 Å². The second-order valence-electron chi connectivity index (χ2n) is 15.9. The number of nitrogens with one attached hydrogen (secondary N) is 4. The van der Waals surface area contributed by atoms with Gasteiger partial charge in [0, 0.05) is 22.4 Å². The van der Waals surface area contributed by atoms with Crippen molar-refractivity contribution in [2.45, 2.75) is 85.5 Å². The normalized spacial score (nSPS) is 11.6. The minimum Gasteiger partial charge on any atom is -0.481 e. The van der Waals surface area contributed by atoms with Crippen LogP contribution in [0.1, 0.15) is 90.2 Å². The highest BCUT2D eigenvalue weighted by Gasteiger charge is 2.23. The number of anilines is 2. The van der Waals surface area contributed by atoms with Gasteiger partial charge in [0.15, 0.2) is 0 Å². The van der Waals surface area contributed by atoms with Crippen LogP contribution in [0.5, 0.6) is 0 Å². The molecule has 4 amide bonds. The van der Waals surface area contributed by atoms with Crippen LogP contribution >= 0.6 is 23.2 Å². The predicted octanol–water partition coefficient (Wildman–Crippen LogP) is 10.00. The molecule has 68 heavy (non-hydrogen) atoms. The summed E-state index contributed by atoms with van der Waals surface area (Å²) in [5, 5.41) is 21.3. The van der Waals surface area contributed by atoms with Crippen molar-refractivity contribution in [3.63, 3.8) is 0 Å². The van der Waals surface area contributed by atoms with Crippen molar-refractivity contribution in [3.05, 3.63) is 197 Å². The summed E-state index contributed by atoms with van der Waals surface area (Å²) in [6.45, 7) is 10.2. The van der Waals surface area contributed by atoms with Gasteiger partial charge in [0.05, 0.1) is 44.6 Å². The fraction of sp³-hybridized carbons (Fsp3) is 0.269. The maximum Gasteiger partial charge on any atom is 0.319 e. The lowest BCUT2D eigenvalue weighted by Gasteiger charge is -2.20. The van der Waals surface area contributed by atoms with E-state index in [4.69, 9.17) is 27.9 Å². The number of aromatic nitrogens is 2. The monoisotopic (exact) mass is 962 g/mol. The number of benzene rings is 4. The molecule has 0 aliphatic rings. The largest absolute Gasteiger partial charge is 0.481 e. The number of ether oxygens (including phenoxy) is 1. The number of amides is 4. The van der Waals surface area contributed by atoms with Crippen molar-refractivity contribution in [1.29, 1.82) is 0 Å². The van der Waals surface area contributed by atoms with Gasteiger partial charge < -0.3 is 40.2 Å². The van der Waals surface area contributed by atoms with E-state index in [1.54, 1.807) is 49.6 Å². The Morgan fingerprint density at radius 3 is 1.34 bits per heavy atom. The number of rotatable bonds is 17. The molecule has 0 unspecified atom stereocenters. The van der Waals surface area contributed by atoms with Gasteiger partial charge >= 0.3 is 24.0 Å². The molecule has 6 aromatic rings. The number of nitrogens with zero attached hydrogens (tertiary/aromatic N) is 2. The number of aryl methyl sites for hydroxylation is 4. The number of aliphatic carboxylic acids is 1. The Morgan fingerprint density at radius 2 is 0.971 bits per heavy atom. The molecule has 16 heteroatoms. The molecule has 0 fully saturated rings. The quantitative estimate of drug-likeness (QED) is 0.0558. The number of halogens is 2. The number of carboxylic acids is 1. The van der Waals surface area contributed by atoms with Crippen LogP contribution in [-0.2, 0) is 40.3 Å². The summed E-state index contributed by atoms with van der Waals surface area (Å²) in [5.41, 5.74) is 6.11. The third-order valence-electron chi connectivity index (χ3n) is 11.0. The van der Waals surface area contributed by atoms with Crippen molar-refractivity contribution in [2.24, 2.45) is 0 Å². The summed E-state index contributed by atoms with van der Waals surface area (Å²) in [7, 11) is 0.